The van der Waals surface area contributed by atoms with Crippen LogP contribution in [0, 0.1) is 0 Å². The second-order valence-electron chi connectivity index (χ2n) is 3.85. The van der Waals surface area contributed by atoms with E-state index < -0.39 is 12.7 Å². The van der Waals surface area contributed by atoms with Gasteiger partial charge in [-0.2, -0.15) is 13.2 Å². The highest BCUT2D eigenvalue weighted by Gasteiger charge is 2.29. The third kappa shape index (κ3) is 8.73. The zero-order valence-corrected chi connectivity index (χ0v) is 10.0. The minimum absolute atomic E-state index is 0.298. The topological polar surface area (TPSA) is 15.3 Å². The average molecular weight is 238 g/mol. The van der Waals surface area contributed by atoms with E-state index in [1.165, 1.54) is 4.90 Å². The van der Waals surface area contributed by atoms with Gasteiger partial charge in [-0.1, -0.05) is 20.4 Å². The number of likely N-dealkylation sites (N-methyl/N-ethyl adjacent to an activating group) is 1. The van der Waals surface area contributed by atoms with Gasteiger partial charge in [-0.25, -0.2) is 0 Å². The Hall–Kier alpha value is -0.550. The monoisotopic (exact) mass is 238 g/mol. The quantitative estimate of drug-likeness (QED) is 0.516. The molecule has 0 spiro atoms. The third-order valence-corrected chi connectivity index (χ3v) is 2.10. The summed E-state index contributed by atoms with van der Waals surface area (Å²) in [5.41, 5.74) is 0.791. The Labute approximate surface area is 95.5 Å². The van der Waals surface area contributed by atoms with E-state index in [9.17, 15) is 13.2 Å². The van der Waals surface area contributed by atoms with Gasteiger partial charge in [0.25, 0.3) is 0 Å². The average Bonchev–Trinajstić information content (AvgIpc) is 2.15. The van der Waals surface area contributed by atoms with Crippen molar-refractivity contribution in [2.75, 3.05) is 32.7 Å². The maximum absolute atomic E-state index is 12.2. The Morgan fingerprint density at radius 1 is 1.31 bits per heavy atom. The van der Waals surface area contributed by atoms with E-state index in [0.29, 0.717) is 19.6 Å². The first-order valence-electron chi connectivity index (χ1n) is 5.55. The molecule has 0 aromatic heterocycles. The Balaban J connectivity index is 3.88. The summed E-state index contributed by atoms with van der Waals surface area (Å²) in [7, 11) is 0. The van der Waals surface area contributed by atoms with Gasteiger partial charge in [-0.05, 0) is 25.1 Å². The fraction of sp³-hybridized carbons (Fsp3) is 0.818. The minimum atomic E-state index is -4.13. The summed E-state index contributed by atoms with van der Waals surface area (Å²) in [4.78, 5) is 1.34. The molecule has 0 bridgehead atoms. The van der Waals surface area contributed by atoms with Crippen molar-refractivity contribution in [1.29, 1.82) is 0 Å². The van der Waals surface area contributed by atoms with Crippen molar-refractivity contribution in [3.63, 3.8) is 0 Å². The van der Waals surface area contributed by atoms with Crippen molar-refractivity contribution < 1.29 is 13.2 Å². The Bertz CT molecular complexity index is 202. The van der Waals surface area contributed by atoms with Crippen LogP contribution in [0.3, 0.4) is 0 Å². The lowest BCUT2D eigenvalue weighted by Crippen LogP contribution is -2.36. The van der Waals surface area contributed by atoms with Gasteiger partial charge >= 0.3 is 6.18 Å². The minimum Gasteiger partial charge on any atom is -0.313 e. The second kappa shape index (κ2) is 7.68. The number of nitrogens with zero attached hydrogens (tertiary/aromatic N) is 1. The largest absolute Gasteiger partial charge is 0.401 e. The molecule has 0 rings (SSSR count). The highest BCUT2D eigenvalue weighted by Crippen LogP contribution is 2.16. The number of nitrogens with one attached hydrogen (secondary N) is 1. The van der Waals surface area contributed by atoms with E-state index >= 15 is 0 Å². The molecule has 0 aliphatic carbocycles. The predicted octanol–water partition coefficient (Wildman–Crippen LogP) is 2.43. The fourth-order valence-electron chi connectivity index (χ4n) is 1.35. The van der Waals surface area contributed by atoms with Crippen LogP contribution in [0.15, 0.2) is 12.2 Å². The van der Waals surface area contributed by atoms with Gasteiger partial charge in [0.1, 0.15) is 0 Å². The fourth-order valence-corrected chi connectivity index (χ4v) is 1.35. The van der Waals surface area contributed by atoms with E-state index in [2.05, 4.69) is 11.9 Å². The lowest BCUT2D eigenvalue weighted by molar-refractivity contribution is -0.144. The molecule has 0 aliphatic heterocycles. The number of hydrogen-bond acceptors (Lipinski definition) is 2. The summed E-state index contributed by atoms with van der Waals surface area (Å²) in [5, 5.41) is 3.12. The summed E-state index contributed by atoms with van der Waals surface area (Å²) in [5.74, 6) is 0. The summed E-state index contributed by atoms with van der Waals surface area (Å²) < 4.78 is 36.5. The van der Waals surface area contributed by atoms with Gasteiger partial charge in [0.15, 0.2) is 0 Å². The smallest absolute Gasteiger partial charge is 0.313 e. The van der Waals surface area contributed by atoms with Gasteiger partial charge in [0, 0.05) is 13.1 Å². The van der Waals surface area contributed by atoms with E-state index in [4.69, 9.17) is 0 Å². The number of rotatable bonds is 8. The molecule has 0 heterocycles. The van der Waals surface area contributed by atoms with Crippen LogP contribution in [-0.4, -0.2) is 43.8 Å². The van der Waals surface area contributed by atoms with Crippen molar-refractivity contribution >= 4 is 0 Å². The summed E-state index contributed by atoms with van der Waals surface area (Å²) in [6.07, 6.45) is -3.12. The standard InChI is InChI=1S/C11H21F3N2/c1-4-6-15-7-10(3)8-16(5-2)9-11(12,13)14/h15H,3-9H2,1-2H3. The molecule has 1 N–H and O–H groups in total. The van der Waals surface area contributed by atoms with E-state index in [-0.39, 0.29) is 0 Å². The molecule has 0 saturated heterocycles. The highest BCUT2D eigenvalue weighted by molar-refractivity contribution is 4.99. The second-order valence-corrected chi connectivity index (χ2v) is 3.85. The maximum atomic E-state index is 12.2. The van der Waals surface area contributed by atoms with Crippen LogP contribution in [0.1, 0.15) is 20.3 Å². The molecule has 0 unspecified atom stereocenters. The molecular weight excluding hydrogens is 217 g/mol. The summed E-state index contributed by atoms with van der Waals surface area (Å²) >= 11 is 0. The molecule has 0 aromatic carbocycles. The van der Waals surface area contributed by atoms with Gasteiger partial charge in [-0.3, -0.25) is 4.90 Å². The molecular formula is C11H21F3N2. The van der Waals surface area contributed by atoms with Crippen molar-refractivity contribution in [1.82, 2.24) is 10.2 Å². The molecule has 0 aliphatic rings. The Morgan fingerprint density at radius 2 is 1.94 bits per heavy atom. The normalized spacial score (nSPS) is 12.1. The van der Waals surface area contributed by atoms with Crippen LogP contribution in [-0.2, 0) is 0 Å². The van der Waals surface area contributed by atoms with Crippen LogP contribution in [0.4, 0.5) is 13.2 Å². The van der Waals surface area contributed by atoms with Crippen LogP contribution in [0.5, 0.6) is 0 Å². The van der Waals surface area contributed by atoms with Gasteiger partial charge < -0.3 is 5.32 Å². The molecule has 5 heteroatoms. The lowest BCUT2D eigenvalue weighted by atomic mass is 10.2. The maximum Gasteiger partial charge on any atom is 0.401 e. The van der Waals surface area contributed by atoms with Crippen molar-refractivity contribution in [3.05, 3.63) is 12.2 Å². The molecule has 2 nitrogen and oxygen atoms in total. The SMILES string of the molecule is C=C(CNCCC)CN(CC)CC(F)(F)F. The Morgan fingerprint density at radius 3 is 2.38 bits per heavy atom. The van der Waals surface area contributed by atoms with Crippen molar-refractivity contribution in [2.24, 2.45) is 0 Å². The first kappa shape index (κ1) is 15.4. The van der Waals surface area contributed by atoms with Gasteiger partial charge in [0.2, 0.25) is 0 Å². The lowest BCUT2D eigenvalue weighted by Gasteiger charge is -2.23. The van der Waals surface area contributed by atoms with E-state index in [1.54, 1.807) is 6.92 Å². The van der Waals surface area contributed by atoms with Crippen molar-refractivity contribution in [3.8, 4) is 0 Å². The molecule has 0 atom stereocenters. The zero-order valence-electron chi connectivity index (χ0n) is 10.0. The van der Waals surface area contributed by atoms with E-state index in [0.717, 1.165) is 18.5 Å². The third-order valence-electron chi connectivity index (χ3n) is 2.10. The zero-order chi connectivity index (χ0) is 12.6. The molecule has 0 saturated carbocycles. The molecule has 0 amide bonds. The molecule has 0 radical (unpaired) electrons. The number of hydrogen-bond donors (Lipinski definition) is 1. The molecule has 16 heavy (non-hydrogen) atoms. The first-order valence-corrected chi connectivity index (χ1v) is 5.55. The predicted molar refractivity (Wildman–Crippen MR) is 60.5 cm³/mol. The summed E-state index contributed by atoms with van der Waals surface area (Å²) in [6.45, 7) is 8.80. The number of alkyl halides is 3. The first-order chi connectivity index (χ1) is 7.39. The Kier molecular flexibility index (Phi) is 7.42. The molecule has 96 valence electrons. The van der Waals surface area contributed by atoms with Gasteiger partial charge in [0.05, 0.1) is 6.54 Å². The van der Waals surface area contributed by atoms with E-state index in [1.807, 2.05) is 6.92 Å². The highest BCUT2D eigenvalue weighted by atomic mass is 19.4. The van der Waals surface area contributed by atoms with Crippen LogP contribution in [0.25, 0.3) is 0 Å². The summed E-state index contributed by atoms with van der Waals surface area (Å²) in [6, 6.07) is 0. The van der Waals surface area contributed by atoms with Gasteiger partial charge in [-0.15, -0.1) is 0 Å². The number of halogens is 3. The molecule has 0 aromatic rings. The van der Waals surface area contributed by atoms with Crippen LogP contribution in [0.2, 0.25) is 0 Å². The van der Waals surface area contributed by atoms with Crippen LogP contribution < -0.4 is 5.32 Å². The van der Waals surface area contributed by atoms with Crippen LogP contribution >= 0.6 is 0 Å². The molecule has 0 fully saturated rings. The van der Waals surface area contributed by atoms with Crippen molar-refractivity contribution in [2.45, 2.75) is 26.4 Å².